The first kappa shape index (κ1) is 14.6. The van der Waals surface area contributed by atoms with Gasteiger partial charge < -0.3 is 15.0 Å². The van der Waals surface area contributed by atoms with Crippen LogP contribution >= 0.6 is 11.6 Å². The Kier molecular flexibility index (Phi) is 4.40. The summed E-state index contributed by atoms with van der Waals surface area (Å²) in [5.74, 6) is -1.49. The summed E-state index contributed by atoms with van der Waals surface area (Å²) in [6, 6.07) is 1.51. The fourth-order valence-electron chi connectivity index (χ4n) is 1.79. The molecule has 0 radical (unpaired) electrons. The minimum absolute atomic E-state index is 0.337. The fourth-order valence-corrected chi connectivity index (χ4v) is 2.04. The van der Waals surface area contributed by atoms with E-state index in [1.54, 1.807) is 17.8 Å². The monoisotopic (exact) mass is 272 g/mol. The van der Waals surface area contributed by atoms with E-state index in [1.165, 1.54) is 13.0 Å². The van der Waals surface area contributed by atoms with Gasteiger partial charge in [-0.15, -0.1) is 0 Å². The molecule has 1 amide bonds. The van der Waals surface area contributed by atoms with E-state index < -0.39 is 17.4 Å². The van der Waals surface area contributed by atoms with Crippen molar-refractivity contribution in [2.24, 2.45) is 7.05 Å². The summed E-state index contributed by atoms with van der Waals surface area (Å²) in [5, 5.41) is 12.2. The van der Waals surface area contributed by atoms with Crippen molar-refractivity contribution in [2.45, 2.75) is 32.2 Å². The summed E-state index contributed by atoms with van der Waals surface area (Å²) in [6.45, 7) is 3.37. The van der Waals surface area contributed by atoms with Crippen LogP contribution < -0.4 is 5.32 Å². The molecule has 2 N–H and O–H groups in total. The van der Waals surface area contributed by atoms with Crippen LogP contribution in [0.4, 0.5) is 0 Å². The second kappa shape index (κ2) is 5.44. The van der Waals surface area contributed by atoms with E-state index in [0.717, 1.165) is 0 Å². The Bertz CT molecular complexity index is 470. The highest BCUT2D eigenvalue weighted by Gasteiger charge is 2.34. The molecule has 1 atom stereocenters. The zero-order valence-corrected chi connectivity index (χ0v) is 11.4. The number of rotatable bonds is 5. The number of aliphatic carboxylic acids is 1. The molecule has 1 aromatic rings. The predicted molar refractivity (Wildman–Crippen MR) is 68.8 cm³/mol. The quantitative estimate of drug-likeness (QED) is 0.862. The molecule has 0 aliphatic rings. The molecule has 0 fully saturated rings. The van der Waals surface area contributed by atoms with E-state index in [1.807, 2.05) is 6.92 Å². The van der Waals surface area contributed by atoms with Gasteiger partial charge >= 0.3 is 5.97 Å². The van der Waals surface area contributed by atoms with Crippen LogP contribution in [0.3, 0.4) is 0 Å². The van der Waals surface area contributed by atoms with Gasteiger partial charge in [-0.1, -0.05) is 24.9 Å². The van der Waals surface area contributed by atoms with Crippen molar-refractivity contribution in [1.82, 2.24) is 9.88 Å². The number of nitrogens with one attached hydrogen (secondary N) is 1. The van der Waals surface area contributed by atoms with Crippen molar-refractivity contribution in [1.29, 1.82) is 0 Å². The SMILES string of the molecule is CCCC(C)(NC(=O)c1cc(Cl)cn1C)C(=O)O. The molecule has 0 spiro atoms. The molecule has 5 nitrogen and oxygen atoms in total. The second-order valence-corrected chi connectivity index (χ2v) is 4.93. The van der Waals surface area contributed by atoms with Crippen LogP contribution in [-0.4, -0.2) is 27.1 Å². The maximum atomic E-state index is 12.0. The lowest BCUT2D eigenvalue weighted by Gasteiger charge is -2.25. The Labute approximate surface area is 111 Å². The number of amides is 1. The van der Waals surface area contributed by atoms with Crippen LogP contribution in [0.2, 0.25) is 5.02 Å². The Morgan fingerprint density at radius 2 is 2.17 bits per heavy atom. The Morgan fingerprint density at radius 3 is 2.56 bits per heavy atom. The minimum atomic E-state index is -1.26. The molecule has 0 aliphatic heterocycles. The number of aromatic nitrogens is 1. The molecule has 6 heteroatoms. The van der Waals surface area contributed by atoms with Crippen molar-refractivity contribution in [3.05, 3.63) is 23.0 Å². The normalized spacial score (nSPS) is 14.0. The molecule has 0 bridgehead atoms. The summed E-state index contributed by atoms with van der Waals surface area (Å²) in [5.41, 5.74) is -0.925. The van der Waals surface area contributed by atoms with Gasteiger partial charge in [0.25, 0.3) is 5.91 Å². The van der Waals surface area contributed by atoms with Crippen molar-refractivity contribution >= 4 is 23.5 Å². The molecular weight excluding hydrogens is 256 g/mol. The van der Waals surface area contributed by atoms with Crippen LogP contribution in [-0.2, 0) is 11.8 Å². The van der Waals surface area contributed by atoms with E-state index in [9.17, 15) is 14.7 Å². The topological polar surface area (TPSA) is 71.3 Å². The fraction of sp³-hybridized carbons (Fsp3) is 0.500. The van der Waals surface area contributed by atoms with Gasteiger partial charge in [0.15, 0.2) is 0 Å². The number of carboxylic acid groups (broad SMARTS) is 1. The Morgan fingerprint density at radius 1 is 1.56 bits per heavy atom. The van der Waals surface area contributed by atoms with Crippen molar-refractivity contribution in [2.75, 3.05) is 0 Å². The number of hydrogen-bond acceptors (Lipinski definition) is 2. The highest BCUT2D eigenvalue weighted by Crippen LogP contribution is 2.16. The molecule has 1 aromatic heterocycles. The van der Waals surface area contributed by atoms with Crippen LogP contribution in [0.5, 0.6) is 0 Å². The third-order valence-corrected chi connectivity index (χ3v) is 3.02. The minimum Gasteiger partial charge on any atom is -0.480 e. The van der Waals surface area contributed by atoms with Gasteiger partial charge in [0.05, 0.1) is 5.02 Å². The summed E-state index contributed by atoms with van der Waals surface area (Å²) in [6.07, 6.45) is 2.62. The molecule has 0 aromatic carbocycles. The van der Waals surface area contributed by atoms with E-state index in [4.69, 9.17) is 11.6 Å². The largest absolute Gasteiger partial charge is 0.480 e. The van der Waals surface area contributed by atoms with Crippen molar-refractivity contribution < 1.29 is 14.7 Å². The van der Waals surface area contributed by atoms with Gasteiger partial charge in [-0.05, 0) is 19.4 Å². The molecule has 1 rings (SSSR count). The average Bonchev–Trinajstić information content (AvgIpc) is 2.57. The Balaban J connectivity index is 2.92. The first-order chi connectivity index (χ1) is 8.30. The summed E-state index contributed by atoms with van der Waals surface area (Å²) in [7, 11) is 1.68. The molecule has 0 saturated heterocycles. The zero-order chi connectivity index (χ0) is 13.9. The molecule has 1 heterocycles. The number of nitrogens with zero attached hydrogens (tertiary/aromatic N) is 1. The van der Waals surface area contributed by atoms with Gasteiger partial charge in [0.2, 0.25) is 0 Å². The number of carbonyl (C=O) groups excluding carboxylic acids is 1. The third-order valence-electron chi connectivity index (χ3n) is 2.82. The maximum Gasteiger partial charge on any atom is 0.329 e. The van der Waals surface area contributed by atoms with Gasteiger partial charge in [-0.3, -0.25) is 4.79 Å². The first-order valence-electron chi connectivity index (χ1n) is 5.68. The zero-order valence-electron chi connectivity index (χ0n) is 10.7. The second-order valence-electron chi connectivity index (χ2n) is 4.50. The van der Waals surface area contributed by atoms with Gasteiger partial charge in [-0.2, -0.15) is 0 Å². The lowest BCUT2D eigenvalue weighted by atomic mass is 9.96. The van der Waals surface area contributed by atoms with Crippen molar-refractivity contribution in [3.63, 3.8) is 0 Å². The summed E-state index contributed by atoms with van der Waals surface area (Å²) < 4.78 is 1.56. The van der Waals surface area contributed by atoms with E-state index in [0.29, 0.717) is 23.6 Å². The smallest absolute Gasteiger partial charge is 0.329 e. The standard InChI is InChI=1S/C12H17ClN2O3/c1-4-5-12(2,11(17)18)14-10(16)9-6-8(13)7-15(9)3/h6-7H,4-5H2,1-3H3,(H,14,16)(H,17,18). The molecule has 0 saturated carbocycles. The Hall–Kier alpha value is -1.49. The van der Waals surface area contributed by atoms with Crippen LogP contribution in [0, 0.1) is 0 Å². The number of aryl methyl sites for hydroxylation is 1. The lowest BCUT2D eigenvalue weighted by Crippen LogP contribution is -2.52. The lowest BCUT2D eigenvalue weighted by molar-refractivity contribution is -0.144. The number of carboxylic acids is 1. The highest BCUT2D eigenvalue weighted by atomic mass is 35.5. The summed E-state index contributed by atoms with van der Waals surface area (Å²) in [4.78, 5) is 23.2. The highest BCUT2D eigenvalue weighted by molar-refractivity contribution is 6.31. The third kappa shape index (κ3) is 3.04. The molecular formula is C12H17ClN2O3. The predicted octanol–water partition coefficient (Wildman–Crippen LogP) is 2.05. The number of carbonyl (C=O) groups is 2. The van der Waals surface area contributed by atoms with Crippen molar-refractivity contribution in [3.8, 4) is 0 Å². The van der Waals surface area contributed by atoms with E-state index >= 15 is 0 Å². The van der Waals surface area contributed by atoms with Crippen LogP contribution in [0.15, 0.2) is 12.3 Å². The molecule has 1 unspecified atom stereocenters. The van der Waals surface area contributed by atoms with E-state index in [2.05, 4.69) is 5.32 Å². The summed E-state index contributed by atoms with van der Waals surface area (Å²) >= 11 is 5.79. The van der Waals surface area contributed by atoms with Gasteiger partial charge in [-0.25, -0.2) is 4.79 Å². The molecule has 0 aliphatic carbocycles. The molecule has 18 heavy (non-hydrogen) atoms. The number of hydrogen-bond donors (Lipinski definition) is 2. The maximum absolute atomic E-state index is 12.0. The van der Waals surface area contributed by atoms with Crippen LogP contribution in [0.1, 0.15) is 37.2 Å². The van der Waals surface area contributed by atoms with Gasteiger partial charge in [0, 0.05) is 13.2 Å². The number of halogens is 1. The molecule has 100 valence electrons. The first-order valence-corrected chi connectivity index (χ1v) is 6.05. The van der Waals surface area contributed by atoms with E-state index in [-0.39, 0.29) is 0 Å². The van der Waals surface area contributed by atoms with Crippen LogP contribution in [0.25, 0.3) is 0 Å². The average molecular weight is 273 g/mol. The van der Waals surface area contributed by atoms with Gasteiger partial charge in [0.1, 0.15) is 11.2 Å².